The van der Waals surface area contributed by atoms with Crippen LogP contribution < -0.4 is 5.32 Å². The quantitative estimate of drug-likeness (QED) is 0.351. The van der Waals surface area contributed by atoms with Crippen LogP contribution in [0, 0.1) is 11.7 Å². The fraction of sp³-hybridized carbons (Fsp3) is 0.231. The number of hydrogen-bond acceptors (Lipinski definition) is 3. The highest BCUT2D eigenvalue weighted by molar-refractivity contribution is 6.42. The van der Waals surface area contributed by atoms with E-state index in [4.69, 9.17) is 28.2 Å². The number of nitrogens with one attached hydrogen (secondary N) is 1. The van der Waals surface area contributed by atoms with Crippen LogP contribution in [0.3, 0.4) is 0 Å². The Balaban J connectivity index is 1.35. The summed E-state index contributed by atoms with van der Waals surface area (Å²) in [6.45, 7) is 2.09. The number of para-hydroxylation sites is 2. The average molecular weight is 497 g/mol. The molecule has 1 fully saturated rings. The van der Waals surface area contributed by atoms with Crippen LogP contribution in [-0.2, 0) is 11.3 Å². The third-order valence-electron chi connectivity index (χ3n) is 6.14. The van der Waals surface area contributed by atoms with Gasteiger partial charge in [-0.3, -0.25) is 14.3 Å². The molecule has 0 spiro atoms. The number of carbonyl (C=O) groups excluding carboxylic acids is 1. The summed E-state index contributed by atoms with van der Waals surface area (Å²) in [5.74, 6) is 0.405. The maximum Gasteiger partial charge on any atom is 0.228 e. The summed E-state index contributed by atoms with van der Waals surface area (Å²) in [4.78, 5) is 20.1. The number of anilines is 1. The normalized spacial score (nSPS) is 16.6. The number of aromatic nitrogens is 2. The van der Waals surface area contributed by atoms with E-state index in [0.29, 0.717) is 28.8 Å². The minimum Gasteiger partial charge on any atom is -0.326 e. The summed E-state index contributed by atoms with van der Waals surface area (Å²) in [5.41, 5.74) is 3.34. The number of rotatable bonds is 5. The molecule has 34 heavy (non-hydrogen) atoms. The van der Waals surface area contributed by atoms with Crippen molar-refractivity contribution in [2.75, 3.05) is 18.4 Å². The first kappa shape index (κ1) is 22.8. The highest BCUT2D eigenvalue weighted by Gasteiger charge is 2.27. The number of imidazole rings is 1. The molecule has 4 aromatic rings. The molecule has 3 aromatic carbocycles. The molecule has 1 atom stereocenters. The predicted octanol–water partition coefficient (Wildman–Crippen LogP) is 6.32. The molecule has 5 rings (SSSR count). The van der Waals surface area contributed by atoms with Crippen molar-refractivity contribution in [3.05, 3.63) is 88.4 Å². The van der Waals surface area contributed by atoms with Crippen LogP contribution in [0.5, 0.6) is 0 Å². The van der Waals surface area contributed by atoms with Gasteiger partial charge in [-0.15, -0.1) is 0 Å². The van der Waals surface area contributed by atoms with Gasteiger partial charge in [-0.05, 0) is 74.0 Å². The highest BCUT2D eigenvalue weighted by Crippen LogP contribution is 2.27. The Bertz CT molecular complexity index is 1340. The molecule has 0 aliphatic carbocycles. The Morgan fingerprint density at radius 2 is 1.85 bits per heavy atom. The van der Waals surface area contributed by atoms with Gasteiger partial charge in [-0.2, -0.15) is 0 Å². The molecule has 1 aliphatic heterocycles. The second-order valence-electron chi connectivity index (χ2n) is 8.52. The Hall–Kier alpha value is -2.93. The fourth-order valence-electron chi connectivity index (χ4n) is 4.49. The van der Waals surface area contributed by atoms with E-state index in [0.717, 1.165) is 41.9 Å². The third-order valence-corrected chi connectivity index (χ3v) is 6.88. The van der Waals surface area contributed by atoms with Gasteiger partial charge in [0.1, 0.15) is 11.6 Å². The summed E-state index contributed by atoms with van der Waals surface area (Å²) < 4.78 is 15.6. The molecule has 1 amide bonds. The number of likely N-dealkylation sites (tertiary alicyclic amines) is 1. The number of fused-ring (bicyclic) bond motifs is 1. The zero-order chi connectivity index (χ0) is 23.7. The molecule has 0 bridgehead atoms. The van der Waals surface area contributed by atoms with Crippen LogP contribution in [0.2, 0.25) is 10.0 Å². The van der Waals surface area contributed by atoms with E-state index in [-0.39, 0.29) is 17.6 Å². The number of hydrogen-bond donors (Lipinski definition) is 1. The predicted molar refractivity (Wildman–Crippen MR) is 134 cm³/mol. The van der Waals surface area contributed by atoms with Gasteiger partial charge in [-0.1, -0.05) is 35.3 Å². The van der Waals surface area contributed by atoms with Crippen LogP contribution >= 0.6 is 23.2 Å². The Morgan fingerprint density at radius 1 is 1.06 bits per heavy atom. The van der Waals surface area contributed by atoms with E-state index in [2.05, 4.69) is 14.8 Å². The first-order valence-electron chi connectivity index (χ1n) is 11.2. The van der Waals surface area contributed by atoms with Crippen molar-refractivity contribution in [2.45, 2.75) is 19.4 Å². The van der Waals surface area contributed by atoms with E-state index in [1.165, 1.54) is 12.1 Å². The smallest absolute Gasteiger partial charge is 0.228 e. The number of carbonyl (C=O) groups is 1. The molecule has 0 radical (unpaired) electrons. The molecule has 1 aromatic heterocycles. The van der Waals surface area contributed by atoms with Gasteiger partial charge in [0, 0.05) is 17.9 Å². The van der Waals surface area contributed by atoms with Gasteiger partial charge in [0.05, 0.1) is 33.5 Å². The van der Waals surface area contributed by atoms with E-state index in [9.17, 15) is 9.18 Å². The van der Waals surface area contributed by atoms with E-state index in [1.54, 1.807) is 30.3 Å². The maximum atomic E-state index is 13.5. The number of halogens is 3. The van der Waals surface area contributed by atoms with Crippen LogP contribution in [0.15, 0.2) is 66.7 Å². The monoisotopic (exact) mass is 496 g/mol. The number of nitrogens with zero attached hydrogens (tertiary/aromatic N) is 3. The van der Waals surface area contributed by atoms with E-state index >= 15 is 0 Å². The van der Waals surface area contributed by atoms with Crippen molar-refractivity contribution < 1.29 is 9.18 Å². The van der Waals surface area contributed by atoms with Crippen LogP contribution in [0.1, 0.15) is 18.7 Å². The lowest BCUT2D eigenvalue weighted by molar-refractivity contribution is -0.121. The molecular weight excluding hydrogens is 474 g/mol. The first-order valence-corrected chi connectivity index (χ1v) is 11.9. The largest absolute Gasteiger partial charge is 0.326 e. The van der Waals surface area contributed by atoms with E-state index in [1.807, 2.05) is 24.3 Å². The van der Waals surface area contributed by atoms with Crippen LogP contribution in [0.4, 0.5) is 10.1 Å². The van der Waals surface area contributed by atoms with Crippen molar-refractivity contribution in [3.63, 3.8) is 0 Å². The molecule has 1 aliphatic rings. The van der Waals surface area contributed by atoms with Crippen molar-refractivity contribution in [1.82, 2.24) is 14.5 Å². The van der Waals surface area contributed by atoms with Gasteiger partial charge in [0.25, 0.3) is 0 Å². The Labute approximate surface area is 207 Å². The van der Waals surface area contributed by atoms with Gasteiger partial charge < -0.3 is 5.32 Å². The Morgan fingerprint density at radius 3 is 2.65 bits per heavy atom. The standard InChI is InChI=1S/C26H23Cl2FN4O/c27-21-12-9-19(14-22(21)28)30-26(34)17-4-3-13-32(15-17)16-25-31-23-5-1-2-6-24(23)33(25)20-10-7-18(29)8-11-20/h1-2,5-12,14,17H,3-4,13,15-16H2,(H,30,34)/t17-/m1/s1. The number of benzene rings is 3. The van der Waals surface area contributed by atoms with Crippen molar-refractivity contribution in [2.24, 2.45) is 5.92 Å². The molecule has 8 heteroatoms. The lowest BCUT2D eigenvalue weighted by Gasteiger charge is -2.31. The van der Waals surface area contributed by atoms with Gasteiger partial charge in [-0.25, -0.2) is 9.37 Å². The van der Waals surface area contributed by atoms with Crippen molar-refractivity contribution in [1.29, 1.82) is 0 Å². The summed E-state index contributed by atoms with van der Waals surface area (Å²) in [7, 11) is 0. The maximum absolute atomic E-state index is 13.5. The van der Waals surface area contributed by atoms with Crippen LogP contribution in [-0.4, -0.2) is 33.4 Å². The summed E-state index contributed by atoms with van der Waals surface area (Å²) in [6, 6.07) is 19.4. The molecule has 2 heterocycles. The average Bonchev–Trinajstić information content (AvgIpc) is 3.20. The molecule has 0 saturated carbocycles. The molecule has 0 unspecified atom stereocenters. The Kier molecular flexibility index (Phi) is 6.55. The zero-order valence-electron chi connectivity index (χ0n) is 18.3. The van der Waals surface area contributed by atoms with Crippen molar-refractivity contribution in [3.8, 4) is 5.69 Å². The number of amides is 1. The van der Waals surface area contributed by atoms with Gasteiger partial charge in [0.2, 0.25) is 5.91 Å². The molecule has 1 saturated heterocycles. The summed E-state index contributed by atoms with van der Waals surface area (Å²) >= 11 is 12.1. The van der Waals surface area contributed by atoms with E-state index < -0.39 is 0 Å². The lowest BCUT2D eigenvalue weighted by Crippen LogP contribution is -2.40. The minimum absolute atomic E-state index is 0.0323. The highest BCUT2D eigenvalue weighted by atomic mass is 35.5. The van der Waals surface area contributed by atoms with Gasteiger partial charge in [0.15, 0.2) is 0 Å². The topological polar surface area (TPSA) is 50.2 Å². The second kappa shape index (κ2) is 9.74. The van der Waals surface area contributed by atoms with Crippen LogP contribution in [0.25, 0.3) is 16.7 Å². The SMILES string of the molecule is O=C(Nc1ccc(Cl)c(Cl)c1)[C@@H]1CCCN(Cc2nc3ccccc3n2-c2ccc(F)cc2)C1. The summed E-state index contributed by atoms with van der Waals surface area (Å²) in [6.07, 6.45) is 1.73. The van der Waals surface area contributed by atoms with Gasteiger partial charge >= 0.3 is 0 Å². The number of piperidine rings is 1. The lowest BCUT2D eigenvalue weighted by atomic mass is 9.97. The molecule has 174 valence electrons. The second-order valence-corrected chi connectivity index (χ2v) is 9.34. The third kappa shape index (κ3) is 4.80. The molecule has 5 nitrogen and oxygen atoms in total. The molecular formula is C26H23Cl2FN4O. The van der Waals surface area contributed by atoms with Crippen molar-refractivity contribution >= 4 is 45.8 Å². The fourth-order valence-corrected chi connectivity index (χ4v) is 4.79. The minimum atomic E-state index is -0.276. The zero-order valence-corrected chi connectivity index (χ0v) is 19.9. The summed E-state index contributed by atoms with van der Waals surface area (Å²) in [5, 5.41) is 3.82. The molecule has 1 N–H and O–H groups in total. The first-order chi connectivity index (χ1) is 16.5.